The molecule has 0 bridgehead atoms. The summed E-state index contributed by atoms with van der Waals surface area (Å²) >= 11 is 0. The predicted molar refractivity (Wildman–Crippen MR) is 88.8 cm³/mol. The van der Waals surface area contributed by atoms with E-state index in [1.807, 2.05) is 6.92 Å². The number of hydrogen-bond acceptors (Lipinski definition) is 6. The summed E-state index contributed by atoms with van der Waals surface area (Å²) in [5.41, 5.74) is 0.628. The number of pyridine rings is 1. The van der Waals surface area contributed by atoms with Gasteiger partial charge in [-0.2, -0.15) is 0 Å². The van der Waals surface area contributed by atoms with Crippen molar-refractivity contribution in [3.8, 4) is 0 Å². The molecule has 2 aromatic heterocycles. The predicted octanol–water partition coefficient (Wildman–Crippen LogP) is 2.53. The second-order valence-corrected chi connectivity index (χ2v) is 5.90. The minimum Gasteiger partial charge on any atom is -0.363 e. The molecular weight excluding hydrogens is 333 g/mol. The van der Waals surface area contributed by atoms with Crippen LogP contribution in [0.5, 0.6) is 0 Å². The fourth-order valence-corrected chi connectivity index (χ4v) is 2.71. The minimum atomic E-state index is -2.77. The number of anilines is 3. The van der Waals surface area contributed by atoms with Crippen molar-refractivity contribution in [1.82, 2.24) is 19.9 Å². The number of nitrogens with one attached hydrogen (secondary N) is 1. The standard InChI is InChI=1S/C16H19F3N6/c1-2-24-5-6-25(11-16(18,19)10-24)13-3-4-14(20-9-13)23-15-21-7-12(17)8-22-15/h3-4,7-9H,2,5-6,10-11H2,1H3,(H,20,21,22,23). The first kappa shape index (κ1) is 17.4. The zero-order chi connectivity index (χ0) is 17.9. The van der Waals surface area contributed by atoms with Gasteiger partial charge in [-0.15, -0.1) is 0 Å². The molecule has 1 aliphatic heterocycles. The third-order valence-corrected chi connectivity index (χ3v) is 3.98. The third-order valence-electron chi connectivity index (χ3n) is 3.98. The van der Waals surface area contributed by atoms with Gasteiger partial charge in [-0.25, -0.2) is 28.1 Å². The van der Waals surface area contributed by atoms with Gasteiger partial charge in [0.15, 0.2) is 5.82 Å². The van der Waals surface area contributed by atoms with Crippen molar-refractivity contribution in [1.29, 1.82) is 0 Å². The van der Waals surface area contributed by atoms with Crippen molar-refractivity contribution in [3.63, 3.8) is 0 Å². The molecule has 134 valence electrons. The molecule has 0 unspecified atom stereocenters. The van der Waals surface area contributed by atoms with Crippen LogP contribution in [0.25, 0.3) is 0 Å². The molecule has 9 heteroatoms. The van der Waals surface area contributed by atoms with E-state index in [4.69, 9.17) is 0 Å². The van der Waals surface area contributed by atoms with Crippen molar-refractivity contribution in [2.24, 2.45) is 0 Å². The molecule has 0 aromatic carbocycles. The van der Waals surface area contributed by atoms with Crippen LogP contribution in [0, 0.1) is 5.82 Å². The first-order valence-corrected chi connectivity index (χ1v) is 8.01. The molecule has 6 nitrogen and oxygen atoms in total. The number of nitrogens with zero attached hydrogens (tertiary/aromatic N) is 5. The molecule has 1 fully saturated rings. The molecule has 3 heterocycles. The molecule has 1 aliphatic rings. The first-order valence-electron chi connectivity index (χ1n) is 8.01. The summed E-state index contributed by atoms with van der Waals surface area (Å²) in [5, 5.41) is 2.83. The first-order chi connectivity index (χ1) is 11.9. The molecular formula is C16H19F3N6. The fraction of sp³-hybridized carbons (Fsp3) is 0.438. The van der Waals surface area contributed by atoms with E-state index in [0.717, 1.165) is 12.4 Å². The third kappa shape index (κ3) is 4.56. The molecule has 1 N–H and O–H groups in total. The van der Waals surface area contributed by atoms with E-state index < -0.39 is 11.7 Å². The Morgan fingerprint density at radius 2 is 1.84 bits per heavy atom. The smallest absolute Gasteiger partial charge is 0.277 e. The highest BCUT2D eigenvalue weighted by Crippen LogP contribution is 2.25. The van der Waals surface area contributed by atoms with E-state index in [0.29, 0.717) is 31.1 Å². The molecule has 0 saturated carbocycles. The number of aromatic nitrogens is 3. The Morgan fingerprint density at radius 3 is 2.48 bits per heavy atom. The van der Waals surface area contributed by atoms with Crippen molar-refractivity contribution in [2.75, 3.05) is 42.9 Å². The van der Waals surface area contributed by atoms with Gasteiger partial charge in [0, 0.05) is 13.1 Å². The average Bonchev–Trinajstić information content (AvgIpc) is 2.75. The number of likely N-dealkylation sites (N-methyl/N-ethyl adjacent to an activating group) is 1. The quantitative estimate of drug-likeness (QED) is 0.913. The molecule has 1 saturated heterocycles. The lowest BCUT2D eigenvalue weighted by Gasteiger charge is -2.25. The minimum absolute atomic E-state index is 0.210. The largest absolute Gasteiger partial charge is 0.363 e. The molecule has 0 aliphatic carbocycles. The van der Waals surface area contributed by atoms with Crippen LogP contribution in [-0.4, -0.2) is 58.5 Å². The van der Waals surface area contributed by atoms with Crippen LogP contribution in [0.3, 0.4) is 0 Å². The van der Waals surface area contributed by atoms with Gasteiger partial charge in [-0.1, -0.05) is 6.92 Å². The van der Waals surface area contributed by atoms with Crippen LogP contribution in [0.4, 0.5) is 30.6 Å². The Kier molecular flexibility index (Phi) is 5.03. The lowest BCUT2D eigenvalue weighted by molar-refractivity contribution is -0.0138. The molecule has 3 rings (SSSR count). The monoisotopic (exact) mass is 352 g/mol. The van der Waals surface area contributed by atoms with Crippen molar-refractivity contribution >= 4 is 17.5 Å². The number of hydrogen-bond donors (Lipinski definition) is 1. The van der Waals surface area contributed by atoms with Crippen LogP contribution in [0.15, 0.2) is 30.7 Å². The van der Waals surface area contributed by atoms with E-state index in [1.165, 1.54) is 6.20 Å². The lowest BCUT2D eigenvalue weighted by Crippen LogP contribution is -2.39. The van der Waals surface area contributed by atoms with Crippen LogP contribution in [0.1, 0.15) is 6.92 Å². The maximum atomic E-state index is 14.1. The highest BCUT2D eigenvalue weighted by atomic mass is 19.3. The number of alkyl halides is 2. The number of rotatable bonds is 4. The topological polar surface area (TPSA) is 57.2 Å². The van der Waals surface area contributed by atoms with E-state index in [1.54, 1.807) is 21.9 Å². The summed E-state index contributed by atoms with van der Waals surface area (Å²) in [4.78, 5) is 15.2. The Hall–Kier alpha value is -2.42. The van der Waals surface area contributed by atoms with Crippen LogP contribution in [-0.2, 0) is 0 Å². The van der Waals surface area contributed by atoms with E-state index in [-0.39, 0.29) is 19.0 Å². The maximum Gasteiger partial charge on any atom is 0.277 e. The fourth-order valence-electron chi connectivity index (χ4n) is 2.71. The van der Waals surface area contributed by atoms with Gasteiger partial charge in [0.05, 0.1) is 37.4 Å². The van der Waals surface area contributed by atoms with Crippen LogP contribution >= 0.6 is 0 Å². The van der Waals surface area contributed by atoms with E-state index in [9.17, 15) is 13.2 Å². The molecule has 0 radical (unpaired) electrons. The van der Waals surface area contributed by atoms with Gasteiger partial charge in [-0.3, -0.25) is 4.90 Å². The second-order valence-electron chi connectivity index (χ2n) is 5.90. The SMILES string of the molecule is CCN1CCN(c2ccc(Nc3ncc(F)cn3)nc2)CC(F)(F)C1. The van der Waals surface area contributed by atoms with E-state index >= 15 is 0 Å². The van der Waals surface area contributed by atoms with Gasteiger partial charge in [0.25, 0.3) is 5.92 Å². The summed E-state index contributed by atoms with van der Waals surface area (Å²) in [6.07, 6.45) is 3.62. The normalized spacial score (nSPS) is 18.0. The Balaban J connectivity index is 1.70. The highest BCUT2D eigenvalue weighted by molar-refractivity contribution is 5.53. The summed E-state index contributed by atoms with van der Waals surface area (Å²) in [5.74, 6) is -2.64. The van der Waals surface area contributed by atoms with E-state index in [2.05, 4.69) is 20.3 Å². The van der Waals surface area contributed by atoms with Crippen LogP contribution < -0.4 is 10.2 Å². The lowest BCUT2D eigenvalue weighted by atomic mass is 10.3. The van der Waals surface area contributed by atoms with Gasteiger partial charge >= 0.3 is 0 Å². The molecule has 0 atom stereocenters. The van der Waals surface area contributed by atoms with Gasteiger partial charge in [0.2, 0.25) is 5.95 Å². The molecule has 0 spiro atoms. The van der Waals surface area contributed by atoms with Crippen molar-refractivity contribution in [2.45, 2.75) is 12.8 Å². The van der Waals surface area contributed by atoms with Gasteiger partial charge < -0.3 is 10.2 Å². The summed E-state index contributed by atoms with van der Waals surface area (Å²) < 4.78 is 40.9. The van der Waals surface area contributed by atoms with Gasteiger partial charge in [-0.05, 0) is 18.7 Å². The molecule has 2 aromatic rings. The Labute approximate surface area is 143 Å². The van der Waals surface area contributed by atoms with Crippen molar-refractivity contribution < 1.29 is 13.2 Å². The average molecular weight is 352 g/mol. The molecule has 25 heavy (non-hydrogen) atoms. The molecule has 0 amide bonds. The highest BCUT2D eigenvalue weighted by Gasteiger charge is 2.36. The number of halogens is 3. The Bertz CT molecular complexity index is 692. The summed E-state index contributed by atoms with van der Waals surface area (Å²) in [6.45, 7) is 3.01. The second kappa shape index (κ2) is 7.22. The summed E-state index contributed by atoms with van der Waals surface area (Å²) in [6, 6.07) is 3.37. The van der Waals surface area contributed by atoms with Crippen molar-refractivity contribution in [3.05, 3.63) is 36.5 Å². The zero-order valence-corrected chi connectivity index (χ0v) is 13.8. The van der Waals surface area contributed by atoms with Crippen LogP contribution in [0.2, 0.25) is 0 Å². The zero-order valence-electron chi connectivity index (χ0n) is 13.8. The van der Waals surface area contributed by atoms with Gasteiger partial charge in [0.1, 0.15) is 5.82 Å². The summed E-state index contributed by atoms with van der Waals surface area (Å²) in [7, 11) is 0. The Morgan fingerprint density at radius 1 is 1.08 bits per heavy atom. The maximum absolute atomic E-state index is 14.1.